The molecule has 0 radical (unpaired) electrons. The van der Waals surface area contributed by atoms with E-state index in [4.69, 9.17) is 0 Å². The van der Waals surface area contributed by atoms with E-state index in [1.54, 1.807) is 13.1 Å². The number of rotatable bonds is 6. The number of sulfonamides is 1. The highest BCUT2D eigenvalue weighted by molar-refractivity contribution is 7.92. The van der Waals surface area contributed by atoms with E-state index >= 15 is 0 Å². The lowest BCUT2D eigenvalue weighted by Crippen LogP contribution is -2.20. The van der Waals surface area contributed by atoms with E-state index < -0.39 is 15.8 Å². The molecule has 0 bridgehead atoms. The number of hydrogen-bond acceptors (Lipinski definition) is 3. The van der Waals surface area contributed by atoms with E-state index in [0.717, 1.165) is 0 Å². The third-order valence-corrected chi connectivity index (χ3v) is 3.34. The first-order valence-electron chi connectivity index (χ1n) is 4.95. The molecular weight excluding hydrogens is 231 g/mol. The van der Waals surface area contributed by atoms with Gasteiger partial charge >= 0.3 is 0 Å². The predicted octanol–water partition coefficient (Wildman–Crippen LogP) is 1.18. The van der Waals surface area contributed by atoms with Gasteiger partial charge in [-0.1, -0.05) is 12.1 Å². The molecule has 0 unspecified atom stereocenters. The molecule has 0 spiro atoms. The molecule has 1 aromatic carbocycles. The third kappa shape index (κ3) is 4.16. The van der Waals surface area contributed by atoms with Crippen LogP contribution in [0.5, 0.6) is 0 Å². The summed E-state index contributed by atoms with van der Waals surface area (Å²) < 4.78 is 38.4. The van der Waals surface area contributed by atoms with Gasteiger partial charge in [-0.15, -0.1) is 0 Å². The first kappa shape index (κ1) is 12.9. The van der Waals surface area contributed by atoms with Gasteiger partial charge in [0, 0.05) is 0 Å². The van der Waals surface area contributed by atoms with Crippen LogP contribution < -0.4 is 10.0 Å². The summed E-state index contributed by atoms with van der Waals surface area (Å²) in [6, 6.07) is 5.69. The lowest BCUT2D eigenvalue weighted by molar-refractivity contribution is 0.594. The van der Waals surface area contributed by atoms with Crippen molar-refractivity contribution in [2.75, 3.05) is 24.1 Å². The van der Waals surface area contributed by atoms with Gasteiger partial charge in [0.05, 0.1) is 11.4 Å². The minimum Gasteiger partial charge on any atom is -0.320 e. The highest BCUT2D eigenvalue weighted by Gasteiger charge is 2.11. The molecule has 16 heavy (non-hydrogen) atoms. The van der Waals surface area contributed by atoms with Crippen LogP contribution in [0.25, 0.3) is 0 Å². The zero-order valence-electron chi connectivity index (χ0n) is 9.03. The predicted molar refractivity (Wildman–Crippen MR) is 62.4 cm³/mol. The minimum absolute atomic E-state index is 0.00745. The van der Waals surface area contributed by atoms with E-state index in [1.807, 2.05) is 0 Å². The molecule has 1 aromatic rings. The summed E-state index contributed by atoms with van der Waals surface area (Å²) in [4.78, 5) is 0. The van der Waals surface area contributed by atoms with Crippen LogP contribution in [0.1, 0.15) is 6.42 Å². The molecule has 0 saturated carbocycles. The van der Waals surface area contributed by atoms with Crippen LogP contribution in [0.2, 0.25) is 0 Å². The normalized spacial score (nSPS) is 11.4. The zero-order valence-corrected chi connectivity index (χ0v) is 9.85. The van der Waals surface area contributed by atoms with Crippen molar-refractivity contribution < 1.29 is 12.8 Å². The van der Waals surface area contributed by atoms with Crippen molar-refractivity contribution in [1.29, 1.82) is 0 Å². The summed E-state index contributed by atoms with van der Waals surface area (Å²) in [5.41, 5.74) is -0.00745. The molecule has 0 aliphatic carbocycles. The Balaban J connectivity index is 2.63. The van der Waals surface area contributed by atoms with Gasteiger partial charge in [0.2, 0.25) is 10.0 Å². The Morgan fingerprint density at radius 3 is 2.62 bits per heavy atom. The van der Waals surface area contributed by atoms with Crippen LogP contribution in [-0.2, 0) is 10.0 Å². The van der Waals surface area contributed by atoms with Crippen LogP contribution in [-0.4, -0.2) is 27.8 Å². The molecule has 1 rings (SSSR count). The second kappa shape index (κ2) is 5.81. The van der Waals surface area contributed by atoms with E-state index in [2.05, 4.69) is 10.0 Å². The summed E-state index contributed by atoms with van der Waals surface area (Å²) in [5, 5.41) is 2.85. The van der Waals surface area contributed by atoms with E-state index in [0.29, 0.717) is 13.0 Å². The average molecular weight is 246 g/mol. The number of benzene rings is 1. The number of nitrogens with one attached hydrogen (secondary N) is 2. The summed E-state index contributed by atoms with van der Waals surface area (Å²) in [6.07, 6.45) is 0.486. The molecule has 0 aliphatic heterocycles. The minimum atomic E-state index is -3.46. The molecule has 4 nitrogen and oxygen atoms in total. The first-order chi connectivity index (χ1) is 7.55. The highest BCUT2D eigenvalue weighted by Crippen LogP contribution is 2.14. The monoisotopic (exact) mass is 246 g/mol. The molecule has 2 N–H and O–H groups in total. The van der Waals surface area contributed by atoms with Gasteiger partial charge in [-0.3, -0.25) is 4.72 Å². The molecule has 90 valence electrons. The largest absolute Gasteiger partial charge is 0.320 e. The van der Waals surface area contributed by atoms with Crippen LogP contribution in [0.15, 0.2) is 24.3 Å². The summed E-state index contributed by atoms with van der Waals surface area (Å²) >= 11 is 0. The van der Waals surface area contributed by atoms with Crippen molar-refractivity contribution in [1.82, 2.24) is 5.32 Å². The second-order valence-corrected chi connectivity index (χ2v) is 5.20. The van der Waals surface area contributed by atoms with Crippen molar-refractivity contribution in [3.63, 3.8) is 0 Å². The van der Waals surface area contributed by atoms with Gasteiger partial charge in [-0.2, -0.15) is 0 Å². The van der Waals surface area contributed by atoms with Crippen molar-refractivity contribution in [3.8, 4) is 0 Å². The van der Waals surface area contributed by atoms with Crippen LogP contribution in [0.4, 0.5) is 10.1 Å². The van der Waals surface area contributed by atoms with Gasteiger partial charge in [0.15, 0.2) is 0 Å². The van der Waals surface area contributed by atoms with Gasteiger partial charge < -0.3 is 5.32 Å². The smallest absolute Gasteiger partial charge is 0.232 e. The Hall–Kier alpha value is -1.14. The number of halogens is 1. The molecule has 0 aromatic heterocycles. The SMILES string of the molecule is CNCCCS(=O)(=O)Nc1ccccc1F. The van der Waals surface area contributed by atoms with Gasteiger partial charge in [-0.05, 0) is 32.1 Å². The van der Waals surface area contributed by atoms with Crippen molar-refractivity contribution in [2.45, 2.75) is 6.42 Å². The first-order valence-corrected chi connectivity index (χ1v) is 6.60. The molecule has 0 amide bonds. The fraction of sp³-hybridized carbons (Fsp3) is 0.400. The summed E-state index contributed by atoms with van der Waals surface area (Å²) in [7, 11) is -1.71. The summed E-state index contributed by atoms with van der Waals surface area (Å²) in [6.45, 7) is 0.609. The molecule has 6 heteroatoms. The van der Waals surface area contributed by atoms with Crippen molar-refractivity contribution in [2.24, 2.45) is 0 Å². The van der Waals surface area contributed by atoms with Gasteiger partial charge in [0.25, 0.3) is 0 Å². The molecule has 0 atom stereocenters. The maximum Gasteiger partial charge on any atom is 0.232 e. The molecule has 0 saturated heterocycles. The highest BCUT2D eigenvalue weighted by atomic mass is 32.2. The zero-order chi connectivity index (χ0) is 12.0. The Labute approximate surface area is 94.9 Å². The van der Waals surface area contributed by atoms with Gasteiger partial charge in [-0.25, -0.2) is 12.8 Å². The Bertz CT molecular complexity index is 434. The fourth-order valence-corrected chi connectivity index (χ4v) is 2.33. The van der Waals surface area contributed by atoms with Crippen LogP contribution >= 0.6 is 0 Å². The standard InChI is InChI=1S/C10H15FN2O2S/c1-12-7-4-8-16(14,15)13-10-6-3-2-5-9(10)11/h2-3,5-6,12-13H,4,7-8H2,1H3. The van der Waals surface area contributed by atoms with Crippen LogP contribution in [0.3, 0.4) is 0 Å². The lowest BCUT2D eigenvalue weighted by Gasteiger charge is -2.08. The van der Waals surface area contributed by atoms with E-state index in [1.165, 1.54) is 18.2 Å². The van der Waals surface area contributed by atoms with Crippen molar-refractivity contribution in [3.05, 3.63) is 30.1 Å². The van der Waals surface area contributed by atoms with Gasteiger partial charge in [0.1, 0.15) is 5.82 Å². The maximum atomic E-state index is 13.2. The second-order valence-electron chi connectivity index (χ2n) is 3.36. The number of anilines is 1. The third-order valence-electron chi connectivity index (χ3n) is 1.98. The Morgan fingerprint density at radius 2 is 2.00 bits per heavy atom. The summed E-state index contributed by atoms with van der Waals surface area (Å²) in [5.74, 6) is -0.595. The Kier molecular flexibility index (Phi) is 4.70. The van der Waals surface area contributed by atoms with Crippen LogP contribution in [0, 0.1) is 5.82 Å². The van der Waals surface area contributed by atoms with E-state index in [9.17, 15) is 12.8 Å². The topological polar surface area (TPSA) is 58.2 Å². The maximum absolute atomic E-state index is 13.2. The molecule has 0 aliphatic rings. The van der Waals surface area contributed by atoms with E-state index in [-0.39, 0.29) is 11.4 Å². The lowest BCUT2D eigenvalue weighted by atomic mass is 10.3. The number of hydrogen-bond donors (Lipinski definition) is 2. The quantitative estimate of drug-likeness (QED) is 0.741. The Morgan fingerprint density at radius 1 is 1.31 bits per heavy atom. The number of para-hydroxylation sites is 1. The van der Waals surface area contributed by atoms with Crippen molar-refractivity contribution >= 4 is 15.7 Å². The molecule has 0 fully saturated rings. The average Bonchev–Trinajstić information content (AvgIpc) is 2.21. The molecular formula is C10H15FN2O2S. The molecule has 0 heterocycles. The fourth-order valence-electron chi connectivity index (χ4n) is 1.20.